The fourth-order valence-corrected chi connectivity index (χ4v) is 2.61. The number of hydrogen-bond donors (Lipinski definition) is 3. The van der Waals surface area contributed by atoms with Crippen molar-refractivity contribution in [3.05, 3.63) is 68.5 Å². The molecule has 2 rings (SSSR count). The second-order valence-electron chi connectivity index (χ2n) is 7.33. The van der Waals surface area contributed by atoms with Crippen molar-refractivity contribution in [3.8, 4) is 0 Å². The quantitative estimate of drug-likeness (QED) is 0.702. The fourth-order valence-electron chi connectivity index (χ4n) is 2.61. The molecule has 0 saturated heterocycles. The van der Waals surface area contributed by atoms with E-state index in [1.165, 1.54) is 6.20 Å². The molecular formula is C19H23N3O5. The number of amides is 1. The van der Waals surface area contributed by atoms with Crippen LogP contribution in [0.1, 0.15) is 44.4 Å². The summed E-state index contributed by atoms with van der Waals surface area (Å²) in [5.74, 6) is -1.59. The van der Waals surface area contributed by atoms with Crippen molar-refractivity contribution in [1.29, 1.82) is 0 Å². The summed E-state index contributed by atoms with van der Waals surface area (Å²) in [7, 11) is 0. The zero-order chi connectivity index (χ0) is 20.2. The third kappa shape index (κ3) is 5.67. The second kappa shape index (κ2) is 8.03. The van der Waals surface area contributed by atoms with Crippen LogP contribution in [-0.2, 0) is 21.5 Å². The van der Waals surface area contributed by atoms with Crippen LogP contribution in [0.25, 0.3) is 0 Å². The van der Waals surface area contributed by atoms with Gasteiger partial charge in [0.2, 0.25) is 5.91 Å². The minimum Gasteiger partial charge on any atom is -0.481 e. The first kappa shape index (κ1) is 20.2. The first-order valence-electron chi connectivity index (χ1n) is 8.47. The number of aliphatic carboxylic acids is 1. The lowest BCUT2D eigenvalue weighted by Gasteiger charge is -2.22. The van der Waals surface area contributed by atoms with Crippen molar-refractivity contribution >= 4 is 11.9 Å². The van der Waals surface area contributed by atoms with E-state index in [1.54, 1.807) is 12.1 Å². The molecule has 0 fully saturated rings. The lowest BCUT2D eigenvalue weighted by Crippen LogP contribution is -2.37. The molecule has 8 nitrogen and oxygen atoms in total. The van der Waals surface area contributed by atoms with Gasteiger partial charge >= 0.3 is 11.7 Å². The molecule has 8 heteroatoms. The molecule has 0 bridgehead atoms. The van der Waals surface area contributed by atoms with Crippen LogP contribution in [0, 0.1) is 0 Å². The Morgan fingerprint density at radius 1 is 1.15 bits per heavy atom. The summed E-state index contributed by atoms with van der Waals surface area (Å²) in [5, 5.41) is 11.8. The fraction of sp³-hybridized carbons (Fsp3) is 0.368. The third-order valence-corrected chi connectivity index (χ3v) is 4.10. The smallest absolute Gasteiger partial charge is 0.328 e. The van der Waals surface area contributed by atoms with Crippen LogP contribution in [0.4, 0.5) is 0 Å². The van der Waals surface area contributed by atoms with Crippen LogP contribution < -0.4 is 16.6 Å². The average molecular weight is 373 g/mol. The molecule has 0 spiro atoms. The van der Waals surface area contributed by atoms with Gasteiger partial charge in [-0.1, -0.05) is 45.0 Å². The molecule has 1 unspecified atom stereocenters. The molecule has 0 radical (unpaired) electrons. The highest BCUT2D eigenvalue weighted by atomic mass is 16.4. The van der Waals surface area contributed by atoms with Gasteiger partial charge < -0.3 is 10.4 Å². The molecule has 1 amide bonds. The van der Waals surface area contributed by atoms with Gasteiger partial charge in [-0.25, -0.2) is 4.79 Å². The monoisotopic (exact) mass is 373 g/mol. The van der Waals surface area contributed by atoms with E-state index >= 15 is 0 Å². The van der Waals surface area contributed by atoms with E-state index in [4.69, 9.17) is 5.11 Å². The number of nitrogens with zero attached hydrogens (tertiary/aromatic N) is 1. The van der Waals surface area contributed by atoms with Crippen molar-refractivity contribution in [2.75, 3.05) is 0 Å². The Morgan fingerprint density at radius 3 is 2.30 bits per heavy atom. The van der Waals surface area contributed by atoms with Crippen LogP contribution in [0.15, 0.2) is 46.1 Å². The number of hydrogen-bond acceptors (Lipinski definition) is 4. The van der Waals surface area contributed by atoms with E-state index in [9.17, 15) is 19.2 Å². The van der Waals surface area contributed by atoms with Gasteiger partial charge in [-0.3, -0.25) is 23.9 Å². The number of carboxylic acids is 1. The van der Waals surface area contributed by atoms with Gasteiger partial charge in [0.05, 0.1) is 12.5 Å². The number of carbonyl (C=O) groups excluding carboxylic acids is 1. The number of benzene rings is 1. The Hall–Kier alpha value is -3.16. The van der Waals surface area contributed by atoms with Gasteiger partial charge in [0.15, 0.2) is 0 Å². The van der Waals surface area contributed by atoms with Crippen LogP contribution >= 0.6 is 0 Å². The summed E-state index contributed by atoms with van der Waals surface area (Å²) in [6.45, 7) is 5.88. The number of H-pyrrole nitrogens is 1. The maximum Gasteiger partial charge on any atom is 0.328 e. The topological polar surface area (TPSA) is 121 Å². The standard InChI is InChI=1S/C19H23N3O5/c1-19(2,3)13-6-4-12(5-7-13)14(10-17(25)26)20-16(24)11-22-9-8-15(23)21-18(22)27/h4-9,14H,10-11H2,1-3H3,(H,20,24)(H,25,26)(H,21,23,27). The highest BCUT2D eigenvalue weighted by molar-refractivity contribution is 5.77. The Morgan fingerprint density at radius 2 is 1.78 bits per heavy atom. The molecule has 1 aromatic heterocycles. The molecule has 27 heavy (non-hydrogen) atoms. The Kier molecular flexibility index (Phi) is 5.99. The zero-order valence-corrected chi connectivity index (χ0v) is 15.5. The van der Waals surface area contributed by atoms with Gasteiger partial charge in [0.25, 0.3) is 5.56 Å². The van der Waals surface area contributed by atoms with Crippen molar-refractivity contribution < 1.29 is 14.7 Å². The van der Waals surface area contributed by atoms with Crippen molar-refractivity contribution in [2.45, 2.75) is 45.2 Å². The minimum absolute atomic E-state index is 0.0462. The van der Waals surface area contributed by atoms with Gasteiger partial charge in [0, 0.05) is 12.3 Å². The maximum atomic E-state index is 12.3. The van der Waals surface area contributed by atoms with Crippen LogP contribution in [-0.4, -0.2) is 26.5 Å². The molecule has 1 aromatic carbocycles. The summed E-state index contributed by atoms with van der Waals surface area (Å²) in [6, 6.07) is 7.80. The number of aromatic nitrogens is 2. The molecule has 0 aliphatic rings. The first-order valence-corrected chi connectivity index (χ1v) is 8.47. The lowest BCUT2D eigenvalue weighted by molar-refractivity contribution is -0.137. The zero-order valence-electron chi connectivity index (χ0n) is 15.5. The van der Waals surface area contributed by atoms with Crippen molar-refractivity contribution in [2.24, 2.45) is 0 Å². The number of carboxylic acid groups (broad SMARTS) is 1. The number of aromatic amines is 1. The van der Waals surface area contributed by atoms with Crippen molar-refractivity contribution in [1.82, 2.24) is 14.9 Å². The summed E-state index contributed by atoms with van der Waals surface area (Å²) < 4.78 is 1.04. The summed E-state index contributed by atoms with van der Waals surface area (Å²) in [6.07, 6.45) is 0.923. The number of rotatable bonds is 6. The van der Waals surface area contributed by atoms with E-state index in [1.807, 2.05) is 12.1 Å². The van der Waals surface area contributed by atoms with Gasteiger partial charge in [-0.2, -0.15) is 0 Å². The predicted molar refractivity (Wildman–Crippen MR) is 99.6 cm³/mol. The first-order chi connectivity index (χ1) is 12.6. The summed E-state index contributed by atoms with van der Waals surface area (Å²) in [4.78, 5) is 48.3. The van der Waals surface area contributed by atoms with E-state index in [2.05, 4.69) is 31.1 Å². The molecule has 1 atom stereocenters. The molecule has 1 heterocycles. The molecule has 3 N–H and O–H groups in total. The summed E-state index contributed by atoms with van der Waals surface area (Å²) >= 11 is 0. The lowest BCUT2D eigenvalue weighted by atomic mass is 9.86. The predicted octanol–water partition coefficient (Wildman–Crippen LogP) is 1.17. The Balaban J connectivity index is 2.18. The SMILES string of the molecule is CC(C)(C)c1ccc(C(CC(=O)O)NC(=O)Cn2ccc(=O)[nH]c2=O)cc1. The largest absolute Gasteiger partial charge is 0.481 e. The number of nitrogens with one attached hydrogen (secondary N) is 2. The van der Waals surface area contributed by atoms with Gasteiger partial charge in [-0.05, 0) is 16.5 Å². The van der Waals surface area contributed by atoms with Crippen molar-refractivity contribution in [3.63, 3.8) is 0 Å². The maximum absolute atomic E-state index is 12.3. The average Bonchev–Trinajstić information content (AvgIpc) is 2.56. The van der Waals surface area contributed by atoms with E-state index in [0.29, 0.717) is 5.56 Å². The Labute approximate surface area is 155 Å². The van der Waals surface area contributed by atoms with Crippen LogP contribution in [0.5, 0.6) is 0 Å². The number of carbonyl (C=O) groups is 2. The molecule has 0 aliphatic carbocycles. The Bertz CT molecular complexity index is 935. The molecular weight excluding hydrogens is 350 g/mol. The summed E-state index contributed by atoms with van der Waals surface area (Å²) in [5.41, 5.74) is 0.440. The highest BCUT2D eigenvalue weighted by Crippen LogP contribution is 2.25. The third-order valence-electron chi connectivity index (χ3n) is 4.10. The molecule has 0 saturated carbocycles. The normalized spacial score (nSPS) is 12.4. The van der Waals surface area contributed by atoms with Gasteiger partial charge in [-0.15, -0.1) is 0 Å². The molecule has 0 aliphatic heterocycles. The highest BCUT2D eigenvalue weighted by Gasteiger charge is 2.20. The minimum atomic E-state index is -1.05. The van der Waals surface area contributed by atoms with Crippen LogP contribution in [0.3, 0.4) is 0 Å². The van der Waals surface area contributed by atoms with E-state index in [0.717, 1.165) is 16.2 Å². The molecule has 2 aromatic rings. The van der Waals surface area contributed by atoms with E-state index < -0.39 is 29.2 Å². The molecule has 144 valence electrons. The van der Waals surface area contributed by atoms with E-state index in [-0.39, 0.29) is 18.4 Å². The second-order valence-corrected chi connectivity index (χ2v) is 7.33. The van der Waals surface area contributed by atoms with Crippen LogP contribution in [0.2, 0.25) is 0 Å². The van der Waals surface area contributed by atoms with Gasteiger partial charge in [0.1, 0.15) is 6.54 Å².